The molecule has 0 saturated carbocycles. The summed E-state index contributed by atoms with van der Waals surface area (Å²) in [6.45, 7) is 1.94. The molecule has 8 heteroatoms. The maximum absolute atomic E-state index is 6.15. The molecule has 2 heterocycles. The van der Waals surface area contributed by atoms with E-state index >= 15 is 0 Å². The van der Waals surface area contributed by atoms with E-state index in [4.69, 9.17) is 16.0 Å². The van der Waals surface area contributed by atoms with Gasteiger partial charge in [0.1, 0.15) is 5.15 Å². The number of rotatable bonds is 5. The first-order valence-corrected chi connectivity index (χ1v) is 7.99. The summed E-state index contributed by atoms with van der Waals surface area (Å²) < 4.78 is 7.15. The van der Waals surface area contributed by atoms with E-state index in [0.717, 1.165) is 17.0 Å². The van der Waals surface area contributed by atoms with Crippen molar-refractivity contribution < 1.29 is 4.42 Å². The van der Waals surface area contributed by atoms with Crippen LogP contribution in [0, 0.1) is 6.92 Å². The van der Waals surface area contributed by atoms with E-state index < -0.39 is 0 Å². The van der Waals surface area contributed by atoms with Crippen LogP contribution < -0.4 is 0 Å². The van der Waals surface area contributed by atoms with Crippen LogP contribution in [0.2, 0.25) is 5.15 Å². The molecule has 0 fully saturated rings. The quantitative estimate of drug-likeness (QED) is 0.792. The van der Waals surface area contributed by atoms with Gasteiger partial charge in [0, 0.05) is 18.4 Å². The monoisotopic (exact) mass is 304 g/mol. The predicted octanol–water partition coefficient (Wildman–Crippen LogP) is 2.92. The largest absolute Gasteiger partial charge is 0.415 e. The molecule has 0 aliphatic rings. The molecule has 0 unspecified atom stereocenters. The SMILES string of the molecule is CSCc1nnc(SCc2c(C)nn(C)c2Cl)o1. The molecule has 0 N–H and O–H groups in total. The zero-order valence-electron chi connectivity index (χ0n) is 10.3. The van der Waals surface area contributed by atoms with E-state index in [-0.39, 0.29) is 0 Å². The van der Waals surface area contributed by atoms with Gasteiger partial charge in [-0.25, -0.2) is 0 Å². The van der Waals surface area contributed by atoms with Crippen molar-refractivity contribution >= 4 is 35.1 Å². The molecule has 98 valence electrons. The number of hydrogen-bond acceptors (Lipinski definition) is 6. The van der Waals surface area contributed by atoms with E-state index in [2.05, 4.69) is 15.3 Å². The average Bonchev–Trinajstić information content (AvgIpc) is 2.85. The summed E-state index contributed by atoms with van der Waals surface area (Å²) in [4.78, 5) is 0. The Morgan fingerprint density at radius 3 is 2.72 bits per heavy atom. The van der Waals surface area contributed by atoms with Gasteiger partial charge in [-0.05, 0) is 13.2 Å². The maximum Gasteiger partial charge on any atom is 0.276 e. The molecule has 0 radical (unpaired) electrons. The fourth-order valence-corrected chi connectivity index (χ4v) is 3.00. The van der Waals surface area contributed by atoms with Crippen molar-refractivity contribution in [3.8, 4) is 0 Å². The normalized spacial score (nSPS) is 11.1. The van der Waals surface area contributed by atoms with Gasteiger partial charge in [-0.3, -0.25) is 4.68 Å². The van der Waals surface area contributed by atoms with E-state index in [9.17, 15) is 0 Å². The molecular formula is C10H13ClN4OS2. The van der Waals surface area contributed by atoms with Crippen LogP contribution >= 0.6 is 35.1 Å². The summed E-state index contributed by atoms with van der Waals surface area (Å²) in [7, 11) is 1.83. The van der Waals surface area contributed by atoms with Crippen molar-refractivity contribution in [1.29, 1.82) is 0 Å². The minimum Gasteiger partial charge on any atom is -0.415 e. The van der Waals surface area contributed by atoms with Crippen LogP contribution in [-0.4, -0.2) is 26.2 Å². The van der Waals surface area contributed by atoms with Gasteiger partial charge in [0.05, 0.1) is 11.4 Å². The van der Waals surface area contributed by atoms with E-state index in [1.165, 1.54) is 11.8 Å². The molecule has 0 aliphatic heterocycles. The third-order valence-corrected chi connectivity index (χ3v) is 4.18. The van der Waals surface area contributed by atoms with Crippen molar-refractivity contribution in [2.24, 2.45) is 7.05 Å². The van der Waals surface area contributed by atoms with Gasteiger partial charge >= 0.3 is 0 Å². The van der Waals surface area contributed by atoms with Crippen molar-refractivity contribution in [3.63, 3.8) is 0 Å². The molecule has 0 aliphatic carbocycles. The number of halogens is 1. The number of nitrogens with zero attached hydrogens (tertiary/aromatic N) is 4. The lowest BCUT2D eigenvalue weighted by atomic mass is 10.3. The molecule has 5 nitrogen and oxygen atoms in total. The number of aryl methyl sites for hydroxylation is 2. The summed E-state index contributed by atoms with van der Waals surface area (Å²) in [6, 6.07) is 0. The summed E-state index contributed by atoms with van der Waals surface area (Å²) in [6.07, 6.45) is 2.00. The van der Waals surface area contributed by atoms with Gasteiger partial charge in [0.2, 0.25) is 5.89 Å². The van der Waals surface area contributed by atoms with Crippen LogP contribution in [0.1, 0.15) is 17.1 Å². The molecule has 0 amide bonds. The molecular weight excluding hydrogens is 292 g/mol. The molecule has 0 atom stereocenters. The van der Waals surface area contributed by atoms with Crippen LogP contribution in [0.3, 0.4) is 0 Å². The summed E-state index contributed by atoms with van der Waals surface area (Å²) in [5, 5.41) is 13.4. The molecule has 2 rings (SSSR count). The zero-order chi connectivity index (χ0) is 13.1. The molecule has 2 aromatic heterocycles. The molecule has 0 saturated heterocycles. The van der Waals surface area contributed by atoms with Crippen molar-refractivity contribution in [3.05, 3.63) is 22.3 Å². The maximum atomic E-state index is 6.15. The van der Waals surface area contributed by atoms with Gasteiger partial charge in [-0.15, -0.1) is 10.2 Å². The van der Waals surface area contributed by atoms with Gasteiger partial charge in [0.25, 0.3) is 5.22 Å². The van der Waals surface area contributed by atoms with Crippen LogP contribution in [0.4, 0.5) is 0 Å². The van der Waals surface area contributed by atoms with Crippen LogP contribution in [0.25, 0.3) is 0 Å². The average molecular weight is 305 g/mol. The second-order valence-electron chi connectivity index (χ2n) is 3.66. The highest BCUT2D eigenvalue weighted by molar-refractivity contribution is 7.98. The zero-order valence-corrected chi connectivity index (χ0v) is 12.7. The first-order valence-electron chi connectivity index (χ1n) is 5.24. The first-order chi connectivity index (χ1) is 8.61. The Labute approximate surface area is 119 Å². The van der Waals surface area contributed by atoms with Crippen molar-refractivity contribution in [2.45, 2.75) is 23.7 Å². The smallest absolute Gasteiger partial charge is 0.276 e. The number of thioether (sulfide) groups is 2. The lowest BCUT2D eigenvalue weighted by Gasteiger charge is -1.97. The minimum atomic E-state index is 0.568. The first kappa shape index (κ1) is 13.8. The van der Waals surface area contributed by atoms with Crippen molar-refractivity contribution in [1.82, 2.24) is 20.0 Å². The molecule has 0 aromatic carbocycles. The highest BCUT2D eigenvalue weighted by atomic mass is 35.5. The molecule has 18 heavy (non-hydrogen) atoms. The highest BCUT2D eigenvalue weighted by Gasteiger charge is 2.13. The van der Waals surface area contributed by atoms with Crippen LogP contribution in [0.5, 0.6) is 0 Å². The van der Waals surface area contributed by atoms with E-state index in [1.54, 1.807) is 16.4 Å². The molecule has 2 aromatic rings. The van der Waals surface area contributed by atoms with Gasteiger partial charge in [-0.2, -0.15) is 16.9 Å². The van der Waals surface area contributed by atoms with E-state index in [1.807, 2.05) is 20.2 Å². The fourth-order valence-electron chi connectivity index (χ4n) is 1.45. The summed E-state index contributed by atoms with van der Waals surface area (Å²) in [5.41, 5.74) is 1.94. The fraction of sp³-hybridized carbons (Fsp3) is 0.500. The van der Waals surface area contributed by atoms with Crippen molar-refractivity contribution in [2.75, 3.05) is 6.26 Å². The standard InChI is InChI=1S/C10H13ClN4OS2/c1-6-7(9(11)15(2)14-6)4-18-10-13-12-8(16-10)5-17-3/h4-5H2,1-3H3. The highest BCUT2D eigenvalue weighted by Crippen LogP contribution is 2.28. The van der Waals surface area contributed by atoms with Crippen LogP contribution in [-0.2, 0) is 18.6 Å². The number of aromatic nitrogens is 4. The van der Waals surface area contributed by atoms with Gasteiger partial charge in [-0.1, -0.05) is 23.4 Å². The van der Waals surface area contributed by atoms with Gasteiger partial charge in [0.15, 0.2) is 0 Å². The third kappa shape index (κ3) is 3.02. The summed E-state index contributed by atoms with van der Waals surface area (Å²) >= 11 is 9.28. The Bertz CT molecular complexity index is 540. The Hall–Kier alpha value is -0.660. The minimum absolute atomic E-state index is 0.568. The Morgan fingerprint density at radius 1 is 1.33 bits per heavy atom. The Balaban J connectivity index is 2.02. The third-order valence-electron chi connectivity index (χ3n) is 2.33. The second-order valence-corrected chi connectivity index (χ2v) is 5.81. The van der Waals surface area contributed by atoms with E-state index in [0.29, 0.717) is 22.0 Å². The van der Waals surface area contributed by atoms with Gasteiger partial charge < -0.3 is 4.42 Å². The Kier molecular flexibility index (Phi) is 4.58. The molecule has 0 bridgehead atoms. The predicted molar refractivity (Wildman–Crippen MR) is 74.0 cm³/mol. The molecule has 0 spiro atoms. The lowest BCUT2D eigenvalue weighted by Crippen LogP contribution is -1.89. The second kappa shape index (κ2) is 5.99. The topological polar surface area (TPSA) is 56.7 Å². The summed E-state index contributed by atoms with van der Waals surface area (Å²) in [5.74, 6) is 2.07. The Morgan fingerprint density at radius 2 is 2.11 bits per heavy atom. The lowest BCUT2D eigenvalue weighted by molar-refractivity contribution is 0.426. The van der Waals surface area contributed by atoms with Crippen LogP contribution in [0.15, 0.2) is 9.64 Å². The number of hydrogen-bond donors (Lipinski definition) is 0.